The maximum Gasteiger partial charge on any atom is 0.349 e. The number of rotatable bonds is 5. The fourth-order valence-electron chi connectivity index (χ4n) is 2.95. The summed E-state index contributed by atoms with van der Waals surface area (Å²) < 4.78 is 10.5. The fourth-order valence-corrected chi connectivity index (χ4v) is 4.34. The minimum absolute atomic E-state index is 0.0653. The molecule has 1 N–H and O–H groups in total. The van der Waals surface area contributed by atoms with Gasteiger partial charge in [0.2, 0.25) is 0 Å². The number of fused-ring (bicyclic) bond motifs is 1. The second-order valence-electron chi connectivity index (χ2n) is 7.50. The quantitative estimate of drug-likeness (QED) is 0.434. The van der Waals surface area contributed by atoms with E-state index in [-0.39, 0.29) is 32.5 Å². The molecule has 0 radical (unpaired) electrons. The monoisotopic (exact) mass is 476 g/mol. The van der Waals surface area contributed by atoms with Gasteiger partial charge in [-0.2, -0.15) is 0 Å². The molecular weight excluding hydrogens is 456 g/mol. The summed E-state index contributed by atoms with van der Waals surface area (Å²) in [5.41, 5.74) is -0.388. The Morgan fingerprint density at radius 1 is 1.19 bits per heavy atom. The molecule has 168 valence electrons. The van der Waals surface area contributed by atoms with E-state index in [1.54, 1.807) is 47.0 Å². The maximum absolute atomic E-state index is 12.9. The van der Waals surface area contributed by atoms with Crippen LogP contribution in [0.5, 0.6) is 0 Å². The first kappa shape index (κ1) is 23.5. The maximum atomic E-state index is 12.9. The van der Waals surface area contributed by atoms with Crippen LogP contribution in [0.1, 0.15) is 49.8 Å². The molecule has 2 aromatic heterocycles. The van der Waals surface area contributed by atoms with Gasteiger partial charge in [0, 0.05) is 24.5 Å². The molecule has 0 fully saturated rings. The number of halogens is 1. The van der Waals surface area contributed by atoms with Crippen molar-refractivity contribution in [2.24, 2.45) is 0 Å². The Hall–Kier alpha value is -3.17. The number of nitrogens with one attached hydrogen (secondary N) is 1. The number of anilines is 1. The van der Waals surface area contributed by atoms with E-state index in [0.29, 0.717) is 16.0 Å². The predicted molar refractivity (Wildman–Crippen MR) is 123 cm³/mol. The van der Waals surface area contributed by atoms with Gasteiger partial charge >= 0.3 is 11.6 Å². The third-order valence-electron chi connectivity index (χ3n) is 4.46. The van der Waals surface area contributed by atoms with Crippen LogP contribution in [-0.4, -0.2) is 42.9 Å². The van der Waals surface area contributed by atoms with E-state index in [4.69, 9.17) is 20.8 Å². The van der Waals surface area contributed by atoms with Crippen LogP contribution < -0.4 is 10.9 Å². The average molecular weight is 477 g/mol. The zero-order chi connectivity index (χ0) is 23.7. The van der Waals surface area contributed by atoms with Crippen molar-refractivity contribution < 1.29 is 23.5 Å². The van der Waals surface area contributed by atoms with Gasteiger partial charge in [-0.05, 0) is 50.6 Å². The van der Waals surface area contributed by atoms with Gasteiger partial charge in [-0.3, -0.25) is 9.59 Å². The molecule has 3 rings (SSSR count). The largest absolute Gasteiger partial charge is 0.459 e. The zero-order valence-corrected chi connectivity index (χ0v) is 19.6. The summed E-state index contributed by atoms with van der Waals surface area (Å²) in [4.78, 5) is 52.2. The number of hydrogen-bond donors (Lipinski definition) is 1. The van der Waals surface area contributed by atoms with Gasteiger partial charge in [-0.1, -0.05) is 11.6 Å². The van der Waals surface area contributed by atoms with Gasteiger partial charge in [-0.15, -0.1) is 11.3 Å². The fraction of sp³-hybridized carbons (Fsp3) is 0.273. The van der Waals surface area contributed by atoms with E-state index in [2.05, 4.69) is 5.32 Å². The standard InChI is InChI=1S/C22H21ClN2O6S/c1-10(2)30-22(29)16-11(3)17(20(27)25(4)5)32-19(16)24-18(26)14-9-12-8-13(23)6-7-15(12)31-21(14)28/h6-10H,1-5H3,(H,24,26). The van der Waals surface area contributed by atoms with Crippen molar-refractivity contribution in [2.45, 2.75) is 26.9 Å². The summed E-state index contributed by atoms with van der Waals surface area (Å²) in [5, 5.41) is 3.56. The number of benzene rings is 1. The number of carbonyl (C=O) groups is 3. The minimum atomic E-state index is -0.846. The van der Waals surface area contributed by atoms with Crippen LogP contribution in [0.3, 0.4) is 0 Å². The van der Waals surface area contributed by atoms with E-state index >= 15 is 0 Å². The van der Waals surface area contributed by atoms with E-state index in [1.165, 1.54) is 17.0 Å². The molecule has 8 nitrogen and oxygen atoms in total. The summed E-state index contributed by atoms with van der Waals surface area (Å²) in [6.45, 7) is 4.98. The second-order valence-corrected chi connectivity index (χ2v) is 8.95. The third-order valence-corrected chi connectivity index (χ3v) is 5.89. The molecular formula is C22H21ClN2O6S. The Balaban J connectivity index is 2.06. The first-order valence-electron chi connectivity index (χ1n) is 9.60. The normalized spacial score (nSPS) is 11.0. The lowest BCUT2D eigenvalue weighted by Crippen LogP contribution is -2.22. The minimum Gasteiger partial charge on any atom is -0.459 e. The molecule has 0 aliphatic rings. The summed E-state index contributed by atoms with van der Waals surface area (Å²) in [7, 11) is 3.16. The van der Waals surface area contributed by atoms with Crippen molar-refractivity contribution in [3.63, 3.8) is 0 Å². The topological polar surface area (TPSA) is 106 Å². The van der Waals surface area contributed by atoms with Crippen molar-refractivity contribution in [2.75, 3.05) is 19.4 Å². The summed E-state index contributed by atoms with van der Waals surface area (Å²) >= 11 is 6.92. The van der Waals surface area contributed by atoms with Gasteiger partial charge in [-0.25, -0.2) is 9.59 Å². The molecule has 0 atom stereocenters. The Labute approximate surface area is 192 Å². The smallest absolute Gasteiger partial charge is 0.349 e. The SMILES string of the molecule is Cc1c(C(=O)N(C)C)sc(NC(=O)c2cc3cc(Cl)ccc3oc2=O)c1C(=O)OC(C)C. The molecule has 0 aliphatic carbocycles. The number of ether oxygens (including phenoxy) is 1. The van der Waals surface area contributed by atoms with Crippen LogP contribution in [-0.2, 0) is 4.74 Å². The van der Waals surface area contributed by atoms with Crippen LogP contribution >= 0.6 is 22.9 Å². The number of esters is 1. The third kappa shape index (κ3) is 4.68. The highest BCUT2D eigenvalue weighted by Crippen LogP contribution is 2.35. The number of hydrogen-bond acceptors (Lipinski definition) is 7. The summed E-state index contributed by atoms with van der Waals surface area (Å²) in [6, 6.07) is 6.02. The van der Waals surface area contributed by atoms with Gasteiger partial charge in [0.1, 0.15) is 16.1 Å². The Kier molecular flexibility index (Phi) is 6.71. The first-order chi connectivity index (χ1) is 15.0. The molecule has 0 aliphatic heterocycles. The average Bonchev–Trinajstić information content (AvgIpc) is 3.02. The first-order valence-corrected chi connectivity index (χ1v) is 10.8. The lowest BCUT2D eigenvalue weighted by Gasteiger charge is -2.11. The molecule has 1 aromatic carbocycles. The van der Waals surface area contributed by atoms with E-state index in [0.717, 1.165) is 11.3 Å². The van der Waals surface area contributed by atoms with Crippen LogP contribution in [0, 0.1) is 6.92 Å². The van der Waals surface area contributed by atoms with E-state index in [1.807, 2.05) is 0 Å². The second kappa shape index (κ2) is 9.13. The van der Waals surface area contributed by atoms with Crippen molar-refractivity contribution in [3.8, 4) is 0 Å². The van der Waals surface area contributed by atoms with Crippen molar-refractivity contribution in [3.05, 3.63) is 61.3 Å². The number of nitrogens with zero attached hydrogens (tertiary/aromatic N) is 1. The van der Waals surface area contributed by atoms with Crippen LogP contribution in [0.15, 0.2) is 33.5 Å². The predicted octanol–water partition coefficient (Wildman–Crippen LogP) is 4.34. The molecule has 3 aromatic rings. The molecule has 2 heterocycles. The van der Waals surface area contributed by atoms with E-state index in [9.17, 15) is 19.2 Å². The molecule has 0 saturated heterocycles. The number of thiophene rings is 1. The van der Waals surface area contributed by atoms with E-state index < -0.39 is 23.6 Å². The van der Waals surface area contributed by atoms with Crippen LogP contribution in [0.4, 0.5) is 5.00 Å². The lowest BCUT2D eigenvalue weighted by molar-refractivity contribution is 0.0379. The number of amides is 2. The number of carbonyl (C=O) groups excluding carboxylic acids is 3. The Morgan fingerprint density at radius 3 is 2.50 bits per heavy atom. The molecule has 2 amide bonds. The molecule has 0 bridgehead atoms. The highest BCUT2D eigenvalue weighted by molar-refractivity contribution is 7.18. The highest BCUT2D eigenvalue weighted by atomic mass is 35.5. The van der Waals surface area contributed by atoms with Gasteiger partial charge < -0.3 is 19.4 Å². The zero-order valence-electron chi connectivity index (χ0n) is 18.1. The lowest BCUT2D eigenvalue weighted by atomic mass is 10.1. The van der Waals surface area contributed by atoms with Gasteiger partial charge in [0.25, 0.3) is 11.8 Å². The molecule has 32 heavy (non-hydrogen) atoms. The molecule has 10 heteroatoms. The molecule has 0 spiro atoms. The van der Waals surface area contributed by atoms with Crippen LogP contribution in [0.2, 0.25) is 5.02 Å². The van der Waals surface area contributed by atoms with Crippen molar-refractivity contribution in [1.82, 2.24) is 4.90 Å². The van der Waals surface area contributed by atoms with Gasteiger partial charge in [0.05, 0.1) is 16.5 Å². The summed E-state index contributed by atoms with van der Waals surface area (Å²) in [5.74, 6) is -1.80. The van der Waals surface area contributed by atoms with Crippen molar-refractivity contribution in [1.29, 1.82) is 0 Å². The highest BCUT2D eigenvalue weighted by Gasteiger charge is 2.28. The summed E-state index contributed by atoms with van der Waals surface area (Å²) in [6.07, 6.45) is -0.407. The molecule has 0 unspecified atom stereocenters. The Morgan fingerprint density at radius 2 is 1.88 bits per heavy atom. The van der Waals surface area contributed by atoms with Gasteiger partial charge in [0.15, 0.2) is 0 Å². The van der Waals surface area contributed by atoms with Crippen molar-refractivity contribution >= 4 is 56.7 Å². The van der Waals surface area contributed by atoms with Crippen LogP contribution in [0.25, 0.3) is 11.0 Å². The Bertz CT molecular complexity index is 1290. The molecule has 0 saturated carbocycles.